The summed E-state index contributed by atoms with van der Waals surface area (Å²) in [5, 5.41) is 0. The van der Waals surface area contributed by atoms with Crippen LogP contribution in [0.3, 0.4) is 0 Å². The maximum Gasteiger partial charge on any atom is 0.336 e. The van der Waals surface area contributed by atoms with Crippen molar-refractivity contribution in [2.75, 3.05) is 7.11 Å². The SMILES string of the molecule is C=C(C(=O)OC)[C@@H](OOC(CC)(CC)c1ccco1)c1ccccc1. The van der Waals surface area contributed by atoms with E-state index in [1.807, 2.05) is 50.2 Å². The average molecular weight is 344 g/mol. The number of ether oxygens (including phenoxy) is 1. The topological polar surface area (TPSA) is 57.9 Å². The van der Waals surface area contributed by atoms with E-state index >= 15 is 0 Å². The number of carbonyl (C=O) groups is 1. The molecule has 25 heavy (non-hydrogen) atoms. The Morgan fingerprint density at radius 1 is 1.16 bits per heavy atom. The van der Waals surface area contributed by atoms with Crippen molar-refractivity contribution in [3.63, 3.8) is 0 Å². The van der Waals surface area contributed by atoms with E-state index in [9.17, 15) is 4.79 Å². The first-order chi connectivity index (χ1) is 12.1. The maximum atomic E-state index is 11.9. The summed E-state index contributed by atoms with van der Waals surface area (Å²) < 4.78 is 10.3. The van der Waals surface area contributed by atoms with Gasteiger partial charge in [0.05, 0.1) is 18.9 Å². The van der Waals surface area contributed by atoms with Crippen molar-refractivity contribution in [2.24, 2.45) is 0 Å². The van der Waals surface area contributed by atoms with Crippen molar-refractivity contribution in [3.05, 3.63) is 72.2 Å². The Kier molecular flexibility index (Phi) is 6.56. The van der Waals surface area contributed by atoms with Gasteiger partial charge in [-0.15, -0.1) is 0 Å². The summed E-state index contributed by atoms with van der Waals surface area (Å²) in [7, 11) is 1.31. The zero-order valence-electron chi connectivity index (χ0n) is 14.9. The lowest BCUT2D eigenvalue weighted by molar-refractivity contribution is -0.391. The van der Waals surface area contributed by atoms with Crippen molar-refractivity contribution < 1.29 is 23.7 Å². The molecule has 0 fully saturated rings. The second-order valence-corrected chi connectivity index (χ2v) is 5.67. The van der Waals surface area contributed by atoms with E-state index in [2.05, 4.69) is 6.58 Å². The van der Waals surface area contributed by atoms with E-state index in [0.29, 0.717) is 18.6 Å². The lowest BCUT2D eigenvalue weighted by Crippen LogP contribution is -2.29. The maximum absolute atomic E-state index is 11.9. The highest BCUT2D eigenvalue weighted by molar-refractivity contribution is 5.89. The molecule has 1 heterocycles. The highest BCUT2D eigenvalue weighted by atomic mass is 17.2. The number of esters is 1. The molecule has 0 radical (unpaired) electrons. The molecule has 0 saturated carbocycles. The first-order valence-electron chi connectivity index (χ1n) is 8.28. The van der Waals surface area contributed by atoms with E-state index in [4.69, 9.17) is 18.9 Å². The van der Waals surface area contributed by atoms with E-state index in [0.717, 1.165) is 5.56 Å². The van der Waals surface area contributed by atoms with Crippen LogP contribution < -0.4 is 0 Å². The molecular weight excluding hydrogens is 320 g/mol. The summed E-state index contributed by atoms with van der Waals surface area (Å²) in [5.41, 5.74) is 0.167. The van der Waals surface area contributed by atoms with Gasteiger partial charge in [0, 0.05) is 0 Å². The molecule has 0 saturated heterocycles. The van der Waals surface area contributed by atoms with Gasteiger partial charge >= 0.3 is 5.97 Å². The van der Waals surface area contributed by atoms with Crippen LogP contribution in [0, 0.1) is 0 Å². The van der Waals surface area contributed by atoms with Gasteiger partial charge in [0.2, 0.25) is 0 Å². The van der Waals surface area contributed by atoms with Gasteiger partial charge < -0.3 is 9.15 Å². The second-order valence-electron chi connectivity index (χ2n) is 5.67. The first kappa shape index (κ1) is 19.0. The Labute approximate surface area is 148 Å². The van der Waals surface area contributed by atoms with E-state index in [1.165, 1.54) is 7.11 Å². The molecule has 2 aromatic rings. The van der Waals surface area contributed by atoms with Crippen molar-refractivity contribution in [1.82, 2.24) is 0 Å². The lowest BCUT2D eigenvalue weighted by atomic mass is 9.94. The Bertz CT molecular complexity index is 671. The van der Waals surface area contributed by atoms with Crippen LogP contribution in [0.4, 0.5) is 0 Å². The number of methoxy groups -OCH3 is 1. The van der Waals surface area contributed by atoms with Crippen LogP contribution in [-0.4, -0.2) is 13.1 Å². The fourth-order valence-electron chi connectivity index (χ4n) is 2.62. The van der Waals surface area contributed by atoms with Crippen LogP contribution in [0.5, 0.6) is 0 Å². The normalized spacial score (nSPS) is 12.6. The monoisotopic (exact) mass is 344 g/mol. The highest BCUT2D eigenvalue weighted by Crippen LogP contribution is 2.37. The minimum Gasteiger partial charge on any atom is -0.466 e. The number of hydrogen-bond acceptors (Lipinski definition) is 5. The Morgan fingerprint density at radius 3 is 2.36 bits per heavy atom. The van der Waals surface area contributed by atoms with Crippen molar-refractivity contribution in [1.29, 1.82) is 0 Å². The van der Waals surface area contributed by atoms with Crippen LogP contribution in [0.15, 0.2) is 65.3 Å². The number of hydrogen-bond donors (Lipinski definition) is 0. The molecule has 5 heteroatoms. The third kappa shape index (κ3) is 4.18. The summed E-state index contributed by atoms with van der Waals surface area (Å²) >= 11 is 0. The lowest BCUT2D eigenvalue weighted by Gasteiger charge is -2.30. The van der Waals surface area contributed by atoms with Gasteiger partial charge in [-0.3, -0.25) is 0 Å². The molecule has 0 N–H and O–H groups in total. The number of benzene rings is 1. The van der Waals surface area contributed by atoms with E-state index in [1.54, 1.807) is 12.3 Å². The third-order valence-corrected chi connectivity index (χ3v) is 4.28. The molecular formula is C20H24O5. The molecule has 5 nitrogen and oxygen atoms in total. The number of furan rings is 1. The molecule has 0 unspecified atom stereocenters. The molecule has 134 valence electrons. The van der Waals surface area contributed by atoms with Gasteiger partial charge in [0.1, 0.15) is 11.9 Å². The summed E-state index contributed by atoms with van der Waals surface area (Å²) in [6.07, 6.45) is 2.11. The van der Waals surface area contributed by atoms with Gasteiger partial charge in [-0.05, 0) is 30.5 Å². The van der Waals surface area contributed by atoms with E-state index < -0.39 is 17.7 Å². The van der Waals surface area contributed by atoms with Crippen LogP contribution in [0.1, 0.15) is 44.1 Å². The van der Waals surface area contributed by atoms with Gasteiger partial charge in [-0.2, -0.15) is 0 Å². The van der Waals surface area contributed by atoms with Crippen LogP contribution in [0.2, 0.25) is 0 Å². The summed E-state index contributed by atoms with van der Waals surface area (Å²) in [6.45, 7) is 7.79. The Balaban J connectivity index is 2.27. The third-order valence-electron chi connectivity index (χ3n) is 4.28. The van der Waals surface area contributed by atoms with Crippen molar-refractivity contribution >= 4 is 5.97 Å². The van der Waals surface area contributed by atoms with E-state index in [-0.39, 0.29) is 5.57 Å². The minimum atomic E-state index is -0.777. The molecule has 1 aromatic carbocycles. The molecule has 0 bridgehead atoms. The molecule has 0 aliphatic carbocycles. The predicted molar refractivity (Wildman–Crippen MR) is 93.5 cm³/mol. The summed E-state index contributed by atoms with van der Waals surface area (Å²) in [4.78, 5) is 23.5. The molecule has 0 amide bonds. The molecule has 0 spiro atoms. The highest BCUT2D eigenvalue weighted by Gasteiger charge is 2.36. The van der Waals surface area contributed by atoms with Gasteiger partial charge in [-0.25, -0.2) is 14.6 Å². The average Bonchev–Trinajstić information content (AvgIpc) is 3.20. The summed E-state index contributed by atoms with van der Waals surface area (Å²) in [6, 6.07) is 12.9. The van der Waals surface area contributed by atoms with Gasteiger partial charge in [0.15, 0.2) is 5.60 Å². The summed E-state index contributed by atoms with van der Waals surface area (Å²) in [5.74, 6) is 0.127. The van der Waals surface area contributed by atoms with Gasteiger partial charge in [0.25, 0.3) is 0 Å². The number of rotatable bonds is 9. The fraction of sp³-hybridized carbons (Fsp3) is 0.350. The Morgan fingerprint density at radius 2 is 1.84 bits per heavy atom. The molecule has 1 atom stereocenters. The first-order valence-corrected chi connectivity index (χ1v) is 8.28. The Hall–Kier alpha value is -2.37. The zero-order valence-corrected chi connectivity index (χ0v) is 14.9. The largest absolute Gasteiger partial charge is 0.466 e. The van der Waals surface area contributed by atoms with Gasteiger partial charge in [-0.1, -0.05) is 50.8 Å². The quantitative estimate of drug-likeness (QED) is 0.285. The fourth-order valence-corrected chi connectivity index (χ4v) is 2.62. The zero-order chi connectivity index (χ0) is 18.3. The van der Waals surface area contributed by atoms with Crippen molar-refractivity contribution in [2.45, 2.75) is 38.4 Å². The smallest absolute Gasteiger partial charge is 0.336 e. The molecule has 0 aliphatic rings. The molecule has 1 aromatic heterocycles. The molecule has 2 rings (SSSR count). The predicted octanol–water partition coefficient (Wildman–Crippen LogP) is 4.71. The molecule has 0 aliphatic heterocycles. The standard InChI is InChI=1S/C20H24O5/c1-5-20(6-2,17-13-10-14-23-17)25-24-18(15(3)19(21)22-4)16-11-8-7-9-12-16/h7-14,18H,3,5-6H2,1-2,4H3/t18-/m1/s1. The van der Waals surface area contributed by atoms with Crippen LogP contribution in [0.25, 0.3) is 0 Å². The minimum absolute atomic E-state index is 0.161. The van der Waals surface area contributed by atoms with Crippen LogP contribution >= 0.6 is 0 Å². The van der Waals surface area contributed by atoms with Crippen molar-refractivity contribution in [3.8, 4) is 0 Å². The number of carbonyl (C=O) groups excluding carboxylic acids is 1. The second kappa shape index (κ2) is 8.65. The van der Waals surface area contributed by atoms with Crippen LogP contribution in [-0.2, 0) is 24.9 Å².